The summed E-state index contributed by atoms with van der Waals surface area (Å²) >= 11 is 21.8. The first-order valence-corrected chi connectivity index (χ1v) is 10.9. The van der Waals surface area contributed by atoms with Gasteiger partial charge in [0.15, 0.2) is 5.75 Å². The first-order valence-electron chi connectivity index (χ1n) is 8.94. The number of carbonyl (C=O) groups is 1. The van der Waals surface area contributed by atoms with Crippen LogP contribution >= 0.6 is 50.7 Å². The average molecular weight is 545 g/mol. The largest absolute Gasteiger partial charge is 0.486 e. The summed E-state index contributed by atoms with van der Waals surface area (Å²) in [5, 5.41) is 5.33. The van der Waals surface area contributed by atoms with Crippen LogP contribution in [0.15, 0.2) is 64.2 Å². The van der Waals surface area contributed by atoms with E-state index in [1.54, 1.807) is 42.5 Å². The molecule has 3 aromatic rings. The van der Waals surface area contributed by atoms with Crippen molar-refractivity contribution in [2.45, 2.75) is 13.0 Å². The average Bonchev–Trinajstić information content (AvgIpc) is 2.70. The van der Waals surface area contributed by atoms with Gasteiger partial charge in [0.1, 0.15) is 12.4 Å². The van der Waals surface area contributed by atoms with Gasteiger partial charge >= 0.3 is 0 Å². The Morgan fingerprint density at radius 2 is 1.81 bits per heavy atom. The molecule has 3 rings (SSSR count). The summed E-state index contributed by atoms with van der Waals surface area (Å²) in [5.41, 5.74) is 4.53. The van der Waals surface area contributed by atoms with Crippen molar-refractivity contribution in [1.29, 1.82) is 0 Å². The SMILES string of the molecule is O=C(Cc1ccc(F)cc1)N/N=C/c1cc(Cl)c(OCc2ccc(Cl)cc2Cl)c(Br)c1. The van der Waals surface area contributed by atoms with Crippen molar-refractivity contribution >= 4 is 62.9 Å². The Kier molecular flexibility index (Phi) is 8.32. The molecule has 160 valence electrons. The van der Waals surface area contributed by atoms with E-state index in [-0.39, 0.29) is 24.8 Å². The van der Waals surface area contributed by atoms with Crippen molar-refractivity contribution in [2.75, 3.05) is 0 Å². The van der Waals surface area contributed by atoms with Gasteiger partial charge in [-0.15, -0.1) is 0 Å². The number of rotatable bonds is 7. The lowest BCUT2D eigenvalue weighted by Gasteiger charge is -2.12. The van der Waals surface area contributed by atoms with E-state index in [0.29, 0.717) is 36.4 Å². The van der Waals surface area contributed by atoms with E-state index in [0.717, 1.165) is 5.56 Å². The highest BCUT2D eigenvalue weighted by molar-refractivity contribution is 9.10. The number of amides is 1. The second-order valence-electron chi connectivity index (χ2n) is 6.43. The van der Waals surface area contributed by atoms with Crippen molar-refractivity contribution in [3.63, 3.8) is 0 Å². The van der Waals surface area contributed by atoms with Crippen LogP contribution in [-0.4, -0.2) is 12.1 Å². The van der Waals surface area contributed by atoms with Crippen molar-refractivity contribution in [1.82, 2.24) is 5.43 Å². The number of hydrazone groups is 1. The molecule has 1 amide bonds. The van der Waals surface area contributed by atoms with Crippen LogP contribution in [0, 0.1) is 5.82 Å². The predicted molar refractivity (Wildman–Crippen MR) is 126 cm³/mol. The lowest BCUT2D eigenvalue weighted by Crippen LogP contribution is -2.19. The summed E-state index contributed by atoms with van der Waals surface area (Å²) in [5.74, 6) is -0.230. The number of nitrogens with zero attached hydrogens (tertiary/aromatic N) is 1. The highest BCUT2D eigenvalue weighted by atomic mass is 79.9. The van der Waals surface area contributed by atoms with Crippen molar-refractivity contribution in [2.24, 2.45) is 5.10 Å². The van der Waals surface area contributed by atoms with Crippen molar-refractivity contribution in [3.05, 3.63) is 96.6 Å². The zero-order valence-electron chi connectivity index (χ0n) is 15.8. The van der Waals surface area contributed by atoms with Gasteiger partial charge in [-0.1, -0.05) is 53.0 Å². The molecule has 3 aromatic carbocycles. The normalized spacial score (nSPS) is 11.0. The molecule has 0 aliphatic heterocycles. The highest BCUT2D eigenvalue weighted by Crippen LogP contribution is 2.35. The molecule has 0 bridgehead atoms. The van der Waals surface area contributed by atoms with Gasteiger partial charge in [0.05, 0.1) is 22.1 Å². The van der Waals surface area contributed by atoms with Crippen LogP contribution in [0.25, 0.3) is 0 Å². The van der Waals surface area contributed by atoms with Crippen LogP contribution in [0.2, 0.25) is 15.1 Å². The van der Waals surface area contributed by atoms with Crippen molar-refractivity contribution in [3.8, 4) is 5.75 Å². The summed E-state index contributed by atoms with van der Waals surface area (Å²) in [4.78, 5) is 12.0. The lowest BCUT2D eigenvalue weighted by atomic mass is 10.1. The van der Waals surface area contributed by atoms with Gasteiger partial charge in [0, 0.05) is 15.6 Å². The number of hydrogen-bond acceptors (Lipinski definition) is 3. The lowest BCUT2D eigenvalue weighted by molar-refractivity contribution is -0.120. The predicted octanol–water partition coefficient (Wildman–Crippen LogP) is 6.82. The molecule has 0 aliphatic rings. The maximum Gasteiger partial charge on any atom is 0.244 e. The molecule has 1 N–H and O–H groups in total. The van der Waals surface area contributed by atoms with E-state index in [4.69, 9.17) is 39.5 Å². The monoisotopic (exact) mass is 542 g/mol. The second kappa shape index (κ2) is 11.0. The fourth-order valence-corrected chi connectivity index (χ4v) is 4.04. The fraction of sp³-hybridized carbons (Fsp3) is 0.0909. The standard InChI is InChI=1S/C22H15BrCl3FN2O2/c23-18-7-14(11-28-29-21(30)9-13-1-5-17(27)6-2-13)8-20(26)22(18)31-12-15-3-4-16(24)10-19(15)25/h1-8,10-11H,9,12H2,(H,29,30)/b28-11+. The Morgan fingerprint density at radius 3 is 2.48 bits per heavy atom. The summed E-state index contributed by atoms with van der Waals surface area (Å²) in [6.45, 7) is 0.210. The number of carbonyl (C=O) groups excluding carboxylic acids is 1. The third kappa shape index (κ3) is 6.94. The molecule has 9 heteroatoms. The smallest absolute Gasteiger partial charge is 0.244 e. The van der Waals surface area contributed by atoms with Crippen LogP contribution in [-0.2, 0) is 17.8 Å². The van der Waals surface area contributed by atoms with Crippen LogP contribution in [0.5, 0.6) is 5.75 Å². The zero-order valence-corrected chi connectivity index (χ0v) is 19.7. The molecular weight excluding hydrogens is 530 g/mol. The van der Waals surface area contributed by atoms with E-state index < -0.39 is 0 Å². The maximum absolute atomic E-state index is 12.9. The second-order valence-corrected chi connectivity index (χ2v) is 8.54. The third-order valence-electron chi connectivity index (χ3n) is 4.09. The fourth-order valence-electron chi connectivity index (χ4n) is 2.59. The summed E-state index contributed by atoms with van der Waals surface area (Å²) in [6.07, 6.45) is 1.54. The molecule has 0 aromatic heterocycles. The van der Waals surface area contributed by atoms with Crippen LogP contribution in [0.4, 0.5) is 4.39 Å². The third-order valence-corrected chi connectivity index (χ3v) is 5.55. The molecule has 0 heterocycles. The Balaban J connectivity index is 1.60. The number of hydrogen-bond donors (Lipinski definition) is 1. The number of halogens is 5. The number of benzene rings is 3. The molecule has 0 atom stereocenters. The quantitative estimate of drug-likeness (QED) is 0.262. The summed E-state index contributed by atoms with van der Waals surface area (Å²) in [6, 6.07) is 14.3. The Labute approximate surface area is 202 Å². The molecular formula is C22H15BrCl3FN2O2. The van der Waals surface area contributed by atoms with E-state index >= 15 is 0 Å². The van der Waals surface area contributed by atoms with Crippen LogP contribution < -0.4 is 10.2 Å². The maximum atomic E-state index is 12.9. The summed E-state index contributed by atoms with van der Waals surface area (Å²) < 4.78 is 19.3. The van der Waals surface area contributed by atoms with E-state index in [1.165, 1.54) is 18.3 Å². The molecule has 0 spiro atoms. The zero-order chi connectivity index (χ0) is 22.4. The van der Waals surface area contributed by atoms with E-state index in [2.05, 4.69) is 26.5 Å². The molecule has 0 saturated carbocycles. The molecule has 0 radical (unpaired) electrons. The molecule has 0 saturated heterocycles. The van der Waals surface area contributed by atoms with E-state index in [1.807, 2.05) is 0 Å². The minimum atomic E-state index is -0.353. The molecule has 0 fully saturated rings. The Morgan fingerprint density at radius 1 is 1.06 bits per heavy atom. The van der Waals surface area contributed by atoms with E-state index in [9.17, 15) is 9.18 Å². The summed E-state index contributed by atoms with van der Waals surface area (Å²) in [7, 11) is 0. The molecule has 4 nitrogen and oxygen atoms in total. The van der Waals surface area contributed by atoms with Gasteiger partial charge < -0.3 is 4.74 Å². The first-order chi connectivity index (χ1) is 14.8. The topological polar surface area (TPSA) is 50.7 Å². The van der Waals surface area contributed by atoms with Crippen molar-refractivity contribution < 1.29 is 13.9 Å². The van der Waals surface area contributed by atoms with Crippen LogP contribution in [0.1, 0.15) is 16.7 Å². The Bertz CT molecular complexity index is 1100. The number of ether oxygens (including phenoxy) is 1. The first kappa shape index (κ1) is 23.5. The molecule has 0 unspecified atom stereocenters. The van der Waals surface area contributed by atoms with Gasteiger partial charge in [-0.3, -0.25) is 4.79 Å². The molecule has 0 aliphatic carbocycles. The minimum absolute atomic E-state index is 0.0854. The van der Waals surface area contributed by atoms with Gasteiger partial charge in [-0.05, 0) is 63.5 Å². The molecule has 31 heavy (non-hydrogen) atoms. The number of nitrogens with one attached hydrogen (secondary N) is 1. The van der Waals surface area contributed by atoms with Gasteiger partial charge in [0.2, 0.25) is 5.91 Å². The van der Waals surface area contributed by atoms with Gasteiger partial charge in [-0.25, -0.2) is 9.82 Å². The Hall–Kier alpha value is -2.12. The minimum Gasteiger partial charge on any atom is -0.486 e. The van der Waals surface area contributed by atoms with Gasteiger partial charge in [-0.2, -0.15) is 5.10 Å². The van der Waals surface area contributed by atoms with Crippen LogP contribution in [0.3, 0.4) is 0 Å². The van der Waals surface area contributed by atoms with Gasteiger partial charge in [0.25, 0.3) is 0 Å². The highest BCUT2D eigenvalue weighted by Gasteiger charge is 2.11.